The van der Waals surface area contributed by atoms with Crippen LogP contribution in [-0.2, 0) is 9.59 Å². The predicted octanol–water partition coefficient (Wildman–Crippen LogP) is 4.26. The van der Waals surface area contributed by atoms with Crippen LogP contribution in [0.15, 0.2) is 24.3 Å². The summed E-state index contributed by atoms with van der Waals surface area (Å²) in [6.07, 6.45) is 11.3. The van der Waals surface area contributed by atoms with Gasteiger partial charge in [-0.2, -0.15) is 0 Å². The number of rotatable bonds is 6. The lowest BCUT2D eigenvalue weighted by atomic mass is 9.53. The number of imide groups is 1. The van der Waals surface area contributed by atoms with Crippen molar-refractivity contribution in [2.75, 3.05) is 17.2 Å². The zero-order chi connectivity index (χ0) is 22.6. The fraction of sp³-hybridized carbons (Fsp3) is 0.654. The summed E-state index contributed by atoms with van der Waals surface area (Å²) in [6, 6.07) is 7.56. The van der Waals surface area contributed by atoms with Crippen LogP contribution in [0.2, 0.25) is 0 Å². The van der Waals surface area contributed by atoms with Gasteiger partial charge in [0.1, 0.15) is 5.54 Å². The second-order valence-electron chi connectivity index (χ2n) is 11.3. The highest BCUT2D eigenvalue weighted by molar-refractivity contribution is 6.07. The van der Waals surface area contributed by atoms with E-state index in [1.807, 2.05) is 18.2 Å². The number of carbonyl (C=O) groups excluding carboxylic acids is 3. The number of nitrogens with zero attached hydrogens (tertiary/aromatic N) is 1. The summed E-state index contributed by atoms with van der Waals surface area (Å²) < 4.78 is 0. The van der Waals surface area contributed by atoms with Gasteiger partial charge in [0.15, 0.2) is 0 Å². The Hall–Kier alpha value is -2.57. The Balaban J connectivity index is 1.10. The molecule has 3 N–H and O–H groups in total. The second-order valence-corrected chi connectivity index (χ2v) is 11.3. The Kier molecular flexibility index (Phi) is 4.93. The number of urea groups is 1. The van der Waals surface area contributed by atoms with Crippen LogP contribution in [0.4, 0.5) is 16.2 Å². The minimum atomic E-state index is -0.720. The summed E-state index contributed by atoms with van der Waals surface area (Å²) in [6.45, 7) is 0.114. The molecular formula is C26H34N4O3. The maximum Gasteiger partial charge on any atom is 0.325 e. The number of hydrogen-bond donors (Lipinski definition) is 3. The van der Waals surface area contributed by atoms with E-state index in [0.29, 0.717) is 12.8 Å². The molecule has 7 heteroatoms. The summed E-state index contributed by atoms with van der Waals surface area (Å²) in [4.78, 5) is 39.2. The van der Waals surface area contributed by atoms with E-state index in [1.54, 1.807) is 0 Å². The zero-order valence-electron chi connectivity index (χ0n) is 19.2. The van der Waals surface area contributed by atoms with E-state index in [-0.39, 0.29) is 36.3 Å². The molecule has 4 bridgehead atoms. The Morgan fingerprint density at radius 1 is 0.970 bits per heavy atom. The molecule has 1 saturated heterocycles. The summed E-state index contributed by atoms with van der Waals surface area (Å²) in [5.74, 6) is 2.19. The molecule has 1 heterocycles. The highest BCUT2D eigenvalue weighted by Crippen LogP contribution is 2.56. The molecule has 1 spiro atoms. The SMILES string of the molecule is O=C(CCN1C(=O)NC2(CCCC2)C1=O)Nc1ccccc1NC12CC3CC(CC(C3)C1)C2. The third-order valence-corrected chi connectivity index (χ3v) is 8.90. The first-order valence-electron chi connectivity index (χ1n) is 12.7. The van der Waals surface area contributed by atoms with E-state index in [2.05, 4.69) is 22.0 Å². The number of carbonyl (C=O) groups is 3. The Morgan fingerprint density at radius 3 is 2.21 bits per heavy atom. The van der Waals surface area contributed by atoms with Gasteiger partial charge in [-0.05, 0) is 81.3 Å². The van der Waals surface area contributed by atoms with Crippen molar-refractivity contribution in [2.24, 2.45) is 17.8 Å². The maximum absolute atomic E-state index is 12.8. The lowest BCUT2D eigenvalue weighted by molar-refractivity contribution is -0.131. The van der Waals surface area contributed by atoms with Crippen LogP contribution < -0.4 is 16.0 Å². The van der Waals surface area contributed by atoms with Gasteiger partial charge in [0.2, 0.25) is 5.91 Å². The van der Waals surface area contributed by atoms with Crippen LogP contribution in [0.25, 0.3) is 0 Å². The predicted molar refractivity (Wildman–Crippen MR) is 126 cm³/mol. The normalized spacial score (nSPS) is 33.6. The van der Waals surface area contributed by atoms with Crippen molar-refractivity contribution in [1.29, 1.82) is 0 Å². The number of anilines is 2. The molecular weight excluding hydrogens is 416 g/mol. The monoisotopic (exact) mass is 450 g/mol. The number of para-hydroxylation sites is 2. The van der Waals surface area contributed by atoms with E-state index in [0.717, 1.165) is 42.0 Å². The van der Waals surface area contributed by atoms with Gasteiger partial charge in [-0.25, -0.2) is 4.79 Å². The molecule has 6 fully saturated rings. The van der Waals surface area contributed by atoms with Crippen molar-refractivity contribution in [1.82, 2.24) is 10.2 Å². The van der Waals surface area contributed by atoms with Crippen molar-refractivity contribution in [3.05, 3.63) is 24.3 Å². The van der Waals surface area contributed by atoms with Crippen LogP contribution >= 0.6 is 0 Å². The van der Waals surface area contributed by atoms with E-state index >= 15 is 0 Å². The fourth-order valence-electron chi connectivity index (χ4n) is 7.87. The summed E-state index contributed by atoms with van der Waals surface area (Å²) in [5, 5.41) is 9.78. The van der Waals surface area contributed by atoms with Crippen LogP contribution in [-0.4, -0.2) is 40.4 Å². The van der Waals surface area contributed by atoms with Gasteiger partial charge in [-0.3, -0.25) is 14.5 Å². The zero-order valence-corrected chi connectivity index (χ0v) is 19.2. The van der Waals surface area contributed by atoms with Crippen LogP contribution in [0.5, 0.6) is 0 Å². The Morgan fingerprint density at radius 2 is 1.58 bits per heavy atom. The first kappa shape index (κ1) is 21.0. The Bertz CT molecular complexity index is 948. The van der Waals surface area contributed by atoms with Gasteiger partial charge in [0.05, 0.1) is 11.4 Å². The van der Waals surface area contributed by atoms with Gasteiger partial charge in [-0.1, -0.05) is 25.0 Å². The number of hydrogen-bond acceptors (Lipinski definition) is 4. The highest BCUT2D eigenvalue weighted by Gasteiger charge is 2.52. The third kappa shape index (κ3) is 3.69. The molecule has 0 aromatic heterocycles. The molecule has 1 aromatic rings. The number of nitrogens with one attached hydrogen (secondary N) is 3. The van der Waals surface area contributed by atoms with Gasteiger partial charge < -0.3 is 16.0 Å². The summed E-state index contributed by atoms with van der Waals surface area (Å²) >= 11 is 0. The smallest absolute Gasteiger partial charge is 0.325 e. The molecule has 176 valence electrons. The molecule has 1 aliphatic heterocycles. The van der Waals surface area contributed by atoms with Crippen molar-refractivity contribution in [3.8, 4) is 0 Å². The molecule has 0 radical (unpaired) electrons. The molecule has 7 rings (SSSR count). The van der Waals surface area contributed by atoms with Crippen LogP contribution in [0.3, 0.4) is 0 Å². The second kappa shape index (κ2) is 7.74. The van der Waals surface area contributed by atoms with Gasteiger partial charge in [0.25, 0.3) is 5.91 Å². The minimum Gasteiger partial charge on any atom is -0.378 e. The van der Waals surface area contributed by atoms with Crippen LogP contribution in [0.1, 0.15) is 70.6 Å². The number of benzene rings is 1. The first-order chi connectivity index (χ1) is 15.9. The van der Waals surface area contributed by atoms with E-state index in [1.165, 1.54) is 43.4 Å². The Labute approximate surface area is 195 Å². The lowest BCUT2D eigenvalue weighted by Crippen LogP contribution is -2.54. The summed E-state index contributed by atoms with van der Waals surface area (Å²) in [7, 11) is 0. The summed E-state index contributed by atoms with van der Waals surface area (Å²) in [5.41, 5.74) is 1.20. The molecule has 4 amide bonds. The van der Waals surface area contributed by atoms with E-state index in [4.69, 9.17) is 0 Å². The highest BCUT2D eigenvalue weighted by atomic mass is 16.2. The molecule has 33 heavy (non-hydrogen) atoms. The van der Waals surface area contributed by atoms with Crippen LogP contribution in [0, 0.1) is 17.8 Å². The molecule has 5 saturated carbocycles. The van der Waals surface area contributed by atoms with Crippen molar-refractivity contribution < 1.29 is 14.4 Å². The molecule has 1 aromatic carbocycles. The molecule has 6 aliphatic rings. The first-order valence-corrected chi connectivity index (χ1v) is 12.7. The van der Waals surface area contributed by atoms with E-state index < -0.39 is 5.54 Å². The molecule has 7 nitrogen and oxygen atoms in total. The lowest BCUT2D eigenvalue weighted by Gasteiger charge is -2.57. The standard InChI is InChI=1S/C26H34N4O3/c31-22(7-10-30-23(32)26(29-24(30)33)8-3-4-9-26)27-20-5-1-2-6-21(20)28-25-14-17-11-18(15-25)13-19(12-17)16-25/h1-2,5-6,17-19,28H,3-4,7-16H2,(H,27,31)(H,29,33). The topological polar surface area (TPSA) is 90.5 Å². The largest absolute Gasteiger partial charge is 0.378 e. The minimum absolute atomic E-state index is 0.0982. The number of amides is 4. The fourth-order valence-corrected chi connectivity index (χ4v) is 7.87. The van der Waals surface area contributed by atoms with Gasteiger partial charge in [0, 0.05) is 18.5 Å². The quantitative estimate of drug-likeness (QED) is 0.565. The van der Waals surface area contributed by atoms with E-state index in [9.17, 15) is 14.4 Å². The van der Waals surface area contributed by atoms with Crippen molar-refractivity contribution in [2.45, 2.75) is 81.7 Å². The molecule has 0 atom stereocenters. The van der Waals surface area contributed by atoms with Crippen molar-refractivity contribution >= 4 is 29.2 Å². The molecule has 0 unspecified atom stereocenters. The third-order valence-electron chi connectivity index (χ3n) is 8.90. The average molecular weight is 451 g/mol. The maximum atomic E-state index is 12.8. The molecule has 5 aliphatic carbocycles. The van der Waals surface area contributed by atoms with Crippen molar-refractivity contribution in [3.63, 3.8) is 0 Å². The average Bonchev–Trinajstić information content (AvgIpc) is 3.32. The van der Waals surface area contributed by atoms with Gasteiger partial charge in [-0.15, -0.1) is 0 Å². The van der Waals surface area contributed by atoms with Gasteiger partial charge >= 0.3 is 6.03 Å².